The fourth-order valence-corrected chi connectivity index (χ4v) is 1.46. The number of esters is 1. The molecule has 2 rings (SSSR count). The van der Waals surface area contributed by atoms with Crippen molar-refractivity contribution in [2.75, 3.05) is 18.2 Å². The van der Waals surface area contributed by atoms with E-state index in [1.165, 1.54) is 7.11 Å². The van der Waals surface area contributed by atoms with Gasteiger partial charge in [-0.05, 0) is 25.8 Å². The molecule has 0 atom stereocenters. The molecule has 1 aromatic heterocycles. The van der Waals surface area contributed by atoms with Gasteiger partial charge >= 0.3 is 5.97 Å². The molecule has 16 heavy (non-hydrogen) atoms. The first kappa shape index (κ1) is 10.7. The maximum atomic E-state index is 11.4. The van der Waals surface area contributed by atoms with Gasteiger partial charge in [0, 0.05) is 11.7 Å². The maximum absolute atomic E-state index is 11.4. The predicted molar refractivity (Wildman–Crippen MR) is 61.3 cm³/mol. The first-order valence-corrected chi connectivity index (χ1v) is 5.17. The van der Waals surface area contributed by atoms with Crippen molar-refractivity contribution in [2.24, 2.45) is 0 Å². The van der Waals surface area contributed by atoms with Crippen molar-refractivity contribution in [3.8, 4) is 0 Å². The van der Waals surface area contributed by atoms with Gasteiger partial charge in [0.15, 0.2) is 0 Å². The molecule has 3 N–H and O–H groups in total. The summed E-state index contributed by atoms with van der Waals surface area (Å²) in [5.74, 6) is 0.117. The van der Waals surface area contributed by atoms with E-state index in [1.807, 2.05) is 0 Å². The number of methoxy groups -OCH3 is 1. The standard InChI is InChI=1S/C11H15N3O2/c1-11(4-5-11)14-9-8(12)7(3-6-13-9)10(15)16-2/h3,6H,4-5,12H2,1-2H3,(H,13,14). The van der Waals surface area contributed by atoms with Crippen molar-refractivity contribution < 1.29 is 9.53 Å². The van der Waals surface area contributed by atoms with E-state index in [0.717, 1.165) is 12.8 Å². The Kier molecular flexibility index (Phi) is 2.46. The van der Waals surface area contributed by atoms with Gasteiger partial charge in [-0.1, -0.05) is 0 Å². The molecule has 0 unspecified atom stereocenters. The summed E-state index contributed by atoms with van der Waals surface area (Å²) < 4.78 is 4.64. The molecular weight excluding hydrogens is 206 g/mol. The second kappa shape index (κ2) is 3.66. The Morgan fingerprint density at radius 1 is 1.62 bits per heavy atom. The fourth-order valence-electron chi connectivity index (χ4n) is 1.46. The Labute approximate surface area is 94.0 Å². The molecule has 5 nitrogen and oxygen atoms in total. The third kappa shape index (κ3) is 1.93. The number of hydrogen-bond acceptors (Lipinski definition) is 5. The molecule has 0 saturated heterocycles. The van der Waals surface area contributed by atoms with Crippen LogP contribution in [-0.4, -0.2) is 23.6 Å². The second-order valence-corrected chi connectivity index (χ2v) is 4.30. The molecule has 0 aliphatic heterocycles. The van der Waals surface area contributed by atoms with E-state index in [2.05, 4.69) is 22.0 Å². The number of carbonyl (C=O) groups excluding carboxylic acids is 1. The zero-order valence-electron chi connectivity index (χ0n) is 9.41. The van der Waals surface area contributed by atoms with Crippen molar-refractivity contribution in [3.63, 3.8) is 0 Å². The molecule has 5 heteroatoms. The number of nitrogens with zero attached hydrogens (tertiary/aromatic N) is 1. The monoisotopic (exact) mass is 221 g/mol. The second-order valence-electron chi connectivity index (χ2n) is 4.30. The largest absolute Gasteiger partial charge is 0.465 e. The van der Waals surface area contributed by atoms with Gasteiger partial charge < -0.3 is 15.8 Å². The van der Waals surface area contributed by atoms with Crippen LogP contribution in [0.4, 0.5) is 11.5 Å². The number of nitrogens with two attached hydrogens (primary N) is 1. The van der Waals surface area contributed by atoms with E-state index in [-0.39, 0.29) is 5.54 Å². The molecule has 0 aromatic carbocycles. The summed E-state index contributed by atoms with van der Waals surface area (Å²) in [7, 11) is 1.33. The average molecular weight is 221 g/mol. The quantitative estimate of drug-likeness (QED) is 0.755. The van der Waals surface area contributed by atoms with Crippen molar-refractivity contribution in [1.29, 1.82) is 0 Å². The first-order valence-electron chi connectivity index (χ1n) is 5.17. The average Bonchev–Trinajstić information content (AvgIpc) is 2.98. The summed E-state index contributed by atoms with van der Waals surface area (Å²) in [6.45, 7) is 2.10. The third-order valence-electron chi connectivity index (χ3n) is 2.82. The van der Waals surface area contributed by atoms with Gasteiger partial charge in [0.2, 0.25) is 0 Å². The van der Waals surface area contributed by atoms with Crippen molar-refractivity contribution in [1.82, 2.24) is 4.98 Å². The molecule has 1 fully saturated rings. The molecule has 1 aliphatic carbocycles. The van der Waals surface area contributed by atoms with Gasteiger partial charge in [0.25, 0.3) is 0 Å². The van der Waals surface area contributed by atoms with Crippen molar-refractivity contribution >= 4 is 17.5 Å². The molecule has 1 aliphatic rings. The molecular formula is C11H15N3O2. The molecule has 0 spiro atoms. The normalized spacial score (nSPS) is 16.6. The topological polar surface area (TPSA) is 77.2 Å². The Hall–Kier alpha value is -1.78. The summed E-state index contributed by atoms with van der Waals surface area (Å²) in [6, 6.07) is 1.56. The van der Waals surface area contributed by atoms with Crippen LogP contribution < -0.4 is 11.1 Å². The zero-order valence-corrected chi connectivity index (χ0v) is 9.41. The minimum Gasteiger partial charge on any atom is -0.465 e. The van der Waals surface area contributed by atoms with E-state index in [0.29, 0.717) is 17.1 Å². The van der Waals surface area contributed by atoms with Crippen molar-refractivity contribution in [2.45, 2.75) is 25.3 Å². The molecule has 1 aromatic rings. The number of nitrogens with one attached hydrogen (secondary N) is 1. The zero-order chi connectivity index (χ0) is 11.8. The fraction of sp³-hybridized carbons (Fsp3) is 0.455. The Morgan fingerprint density at radius 2 is 2.31 bits per heavy atom. The Morgan fingerprint density at radius 3 is 2.88 bits per heavy atom. The van der Waals surface area contributed by atoms with E-state index >= 15 is 0 Å². The van der Waals surface area contributed by atoms with Crippen LogP contribution in [0.15, 0.2) is 12.3 Å². The molecule has 86 valence electrons. The summed E-state index contributed by atoms with van der Waals surface area (Å²) in [5, 5.41) is 3.24. The first-order chi connectivity index (χ1) is 7.56. The predicted octanol–water partition coefficient (Wildman–Crippen LogP) is 1.41. The smallest absolute Gasteiger partial charge is 0.340 e. The Balaban J connectivity index is 2.29. The van der Waals surface area contributed by atoms with Gasteiger partial charge in [-0.2, -0.15) is 0 Å². The number of aromatic nitrogens is 1. The van der Waals surface area contributed by atoms with E-state index < -0.39 is 5.97 Å². The number of rotatable bonds is 3. The molecule has 1 heterocycles. The number of nitrogen functional groups attached to an aromatic ring is 1. The lowest BCUT2D eigenvalue weighted by Gasteiger charge is -2.15. The number of ether oxygens (including phenoxy) is 1. The minimum absolute atomic E-state index is 0.0792. The lowest BCUT2D eigenvalue weighted by atomic mass is 10.2. The van der Waals surface area contributed by atoms with Crippen LogP contribution in [0.5, 0.6) is 0 Å². The SMILES string of the molecule is COC(=O)c1ccnc(NC2(C)CC2)c1N. The molecule has 0 radical (unpaired) electrons. The van der Waals surface area contributed by atoms with Crippen LogP contribution in [0.25, 0.3) is 0 Å². The highest BCUT2D eigenvalue weighted by atomic mass is 16.5. The molecule has 1 saturated carbocycles. The number of anilines is 2. The minimum atomic E-state index is -0.441. The summed E-state index contributed by atoms with van der Waals surface area (Å²) in [5.41, 5.74) is 6.65. The van der Waals surface area contributed by atoms with Gasteiger partial charge in [0.05, 0.1) is 18.4 Å². The van der Waals surface area contributed by atoms with Gasteiger partial charge in [-0.3, -0.25) is 0 Å². The third-order valence-corrected chi connectivity index (χ3v) is 2.82. The van der Waals surface area contributed by atoms with Crippen LogP contribution in [0.3, 0.4) is 0 Å². The Bertz CT molecular complexity index is 427. The van der Waals surface area contributed by atoms with Crippen LogP contribution in [0.1, 0.15) is 30.1 Å². The van der Waals surface area contributed by atoms with E-state index in [4.69, 9.17) is 5.73 Å². The van der Waals surface area contributed by atoms with Gasteiger partial charge in [-0.15, -0.1) is 0 Å². The summed E-state index contributed by atoms with van der Waals surface area (Å²) in [6.07, 6.45) is 3.74. The van der Waals surface area contributed by atoms with E-state index in [1.54, 1.807) is 12.3 Å². The van der Waals surface area contributed by atoms with Crippen molar-refractivity contribution in [3.05, 3.63) is 17.8 Å². The molecule has 0 bridgehead atoms. The van der Waals surface area contributed by atoms with Crippen LogP contribution in [0, 0.1) is 0 Å². The lowest BCUT2D eigenvalue weighted by molar-refractivity contribution is 0.0602. The maximum Gasteiger partial charge on any atom is 0.340 e. The highest BCUT2D eigenvalue weighted by Crippen LogP contribution is 2.39. The number of hydrogen-bond donors (Lipinski definition) is 2. The summed E-state index contributed by atoms with van der Waals surface area (Å²) >= 11 is 0. The highest BCUT2D eigenvalue weighted by Gasteiger charge is 2.38. The molecule has 0 amide bonds. The highest BCUT2D eigenvalue weighted by molar-refractivity contribution is 5.97. The lowest BCUT2D eigenvalue weighted by Crippen LogP contribution is -2.19. The number of pyridine rings is 1. The van der Waals surface area contributed by atoms with E-state index in [9.17, 15) is 4.79 Å². The number of carbonyl (C=O) groups is 1. The van der Waals surface area contributed by atoms with Gasteiger partial charge in [0.1, 0.15) is 5.82 Å². The van der Waals surface area contributed by atoms with Gasteiger partial charge in [-0.25, -0.2) is 9.78 Å². The summed E-state index contributed by atoms with van der Waals surface area (Å²) in [4.78, 5) is 15.5. The van der Waals surface area contributed by atoms with Crippen LogP contribution in [0.2, 0.25) is 0 Å². The van der Waals surface area contributed by atoms with Crippen LogP contribution >= 0.6 is 0 Å². The van der Waals surface area contributed by atoms with Crippen LogP contribution in [-0.2, 0) is 4.74 Å².